The van der Waals surface area contributed by atoms with Gasteiger partial charge in [0, 0.05) is 23.7 Å². The summed E-state index contributed by atoms with van der Waals surface area (Å²) in [5.74, 6) is -1.21. The molecule has 1 aliphatic carbocycles. The lowest BCUT2D eigenvalue weighted by molar-refractivity contribution is -0.139. The van der Waals surface area contributed by atoms with Crippen LogP contribution >= 0.6 is 0 Å². The fourth-order valence-corrected chi connectivity index (χ4v) is 3.90. The van der Waals surface area contributed by atoms with Gasteiger partial charge < -0.3 is 15.2 Å². The summed E-state index contributed by atoms with van der Waals surface area (Å²) >= 11 is 0. The fraction of sp³-hybridized carbons (Fsp3) is 0.208. The van der Waals surface area contributed by atoms with Crippen molar-refractivity contribution in [3.63, 3.8) is 0 Å². The highest BCUT2D eigenvalue weighted by molar-refractivity contribution is 5.81. The molecule has 0 fully saturated rings. The maximum Gasteiger partial charge on any atom is 0.407 e. The summed E-state index contributed by atoms with van der Waals surface area (Å²) < 4.78 is 5.45. The highest BCUT2D eigenvalue weighted by Gasteiger charge is 2.29. The number of hydrogen-bond acceptors (Lipinski definition) is 4. The lowest BCUT2D eigenvalue weighted by Crippen LogP contribution is -2.43. The number of carboxylic acid groups (broad SMARTS) is 1. The normalized spacial score (nSPS) is 13.2. The molecule has 1 atom stereocenters. The van der Waals surface area contributed by atoms with E-state index in [4.69, 9.17) is 4.74 Å². The maximum absolute atomic E-state index is 12.4. The molecule has 152 valence electrons. The van der Waals surface area contributed by atoms with Crippen LogP contribution < -0.4 is 5.32 Å². The largest absolute Gasteiger partial charge is 0.480 e. The van der Waals surface area contributed by atoms with Gasteiger partial charge in [0.05, 0.1) is 0 Å². The Hall–Kier alpha value is -3.67. The molecule has 3 aromatic rings. The number of rotatable bonds is 6. The molecule has 0 saturated heterocycles. The fourth-order valence-electron chi connectivity index (χ4n) is 3.90. The second-order valence-corrected chi connectivity index (χ2v) is 7.34. The van der Waals surface area contributed by atoms with Gasteiger partial charge in [0.25, 0.3) is 0 Å². The first kappa shape index (κ1) is 19.6. The molecular formula is C24H22N2O4. The molecule has 6 heteroatoms. The minimum absolute atomic E-state index is 0.0788. The zero-order valence-electron chi connectivity index (χ0n) is 16.5. The van der Waals surface area contributed by atoms with Crippen LogP contribution in [-0.2, 0) is 16.0 Å². The van der Waals surface area contributed by atoms with E-state index in [0.29, 0.717) is 5.69 Å². The number of pyridine rings is 1. The molecule has 1 unspecified atom stereocenters. The molecule has 2 aromatic carbocycles. The number of carbonyl (C=O) groups excluding carboxylic acids is 1. The second-order valence-electron chi connectivity index (χ2n) is 7.34. The first-order chi connectivity index (χ1) is 14.5. The molecule has 2 N–H and O–H groups in total. The lowest BCUT2D eigenvalue weighted by Gasteiger charge is -2.17. The predicted octanol–water partition coefficient (Wildman–Crippen LogP) is 3.92. The van der Waals surface area contributed by atoms with Crippen LogP contribution in [0, 0.1) is 6.92 Å². The third kappa shape index (κ3) is 4.03. The van der Waals surface area contributed by atoms with Crippen LogP contribution in [0.5, 0.6) is 0 Å². The second kappa shape index (κ2) is 8.37. The Bertz CT molecular complexity index is 1050. The van der Waals surface area contributed by atoms with Crippen LogP contribution in [-0.4, -0.2) is 34.8 Å². The molecule has 0 bridgehead atoms. The summed E-state index contributed by atoms with van der Waals surface area (Å²) in [5, 5.41) is 12.0. The van der Waals surface area contributed by atoms with Crippen molar-refractivity contribution in [1.29, 1.82) is 0 Å². The van der Waals surface area contributed by atoms with Gasteiger partial charge in [-0.3, -0.25) is 4.98 Å². The number of nitrogens with zero attached hydrogens (tertiary/aromatic N) is 1. The van der Waals surface area contributed by atoms with Crippen LogP contribution in [0.2, 0.25) is 0 Å². The topological polar surface area (TPSA) is 88.5 Å². The van der Waals surface area contributed by atoms with Gasteiger partial charge in [0.15, 0.2) is 0 Å². The standard InChI is InChI=1S/C24H22N2O4/c1-15-7-6-8-16(25-15)13-22(23(27)28)26-24(29)30-14-21-19-11-4-2-9-17(19)18-10-3-5-12-20(18)21/h2-12,21-22H,13-14H2,1H3,(H,26,29)(H,27,28). The number of aryl methyl sites for hydroxylation is 1. The quantitative estimate of drug-likeness (QED) is 0.652. The average molecular weight is 402 g/mol. The summed E-state index contributed by atoms with van der Waals surface area (Å²) in [6, 6.07) is 20.4. The summed E-state index contributed by atoms with van der Waals surface area (Å²) in [5.41, 5.74) is 5.86. The Kier molecular flexibility index (Phi) is 5.48. The van der Waals surface area contributed by atoms with E-state index in [2.05, 4.69) is 22.4 Å². The molecular weight excluding hydrogens is 380 g/mol. The van der Waals surface area contributed by atoms with Gasteiger partial charge in [0.1, 0.15) is 12.6 Å². The zero-order valence-corrected chi connectivity index (χ0v) is 16.5. The third-order valence-electron chi connectivity index (χ3n) is 5.29. The highest BCUT2D eigenvalue weighted by atomic mass is 16.5. The third-order valence-corrected chi connectivity index (χ3v) is 5.29. The molecule has 1 aliphatic rings. The van der Waals surface area contributed by atoms with Crippen molar-refractivity contribution in [2.24, 2.45) is 0 Å². The number of amides is 1. The Morgan fingerprint density at radius 2 is 1.63 bits per heavy atom. The molecule has 0 saturated carbocycles. The van der Waals surface area contributed by atoms with E-state index >= 15 is 0 Å². The predicted molar refractivity (Wildman–Crippen MR) is 112 cm³/mol. The summed E-state index contributed by atoms with van der Waals surface area (Å²) in [6.07, 6.45) is -0.668. The summed E-state index contributed by atoms with van der Waals surface area (Å²) in [6.45, 7) is 1.97. The van der Waals surface area contributed by atoms with E-state index in [9.17, 15) is 14.7 Å². The van der Waals surface area contributed by atoms with Gasteiger partial charge in [-0.1, -0.05) is 54.6 Å². The minimum atomic E-state index is -1.13. The van der Waals surface area contributed by atoms with Crippen molar-refractivity contribution < 1.29 is 19.4 Å². The van der Waals surface area contributed by atoms with Crippen LogP contribution in [0.1, 0.15) is 28.4 Å². The Labute approximate surface area is 174 Å². The number of carbonyl (C=O) groups is 2. The number of aliphatic carboxylic acids is 1. The molecule has 4 rings (SSSR count). The van der Waals surface area contributed by atoms with E-state index in [1.54, 1.807) is 6.07 Å². The maximum atomic E-state index is 12.4. The van der Waals surface area contributed by atoms with E-state index in [-0.39, 0.29) is 18.9 Å². The van der Waals surface area contributed by atoms with Gasteiger partial charge in [-0.25, -0.2) is 9.59 Å². The zero-order chi connectivity index (χ0) is 21.1. The van der Waals surface area contributed by atoms with E-state index < -0.39 is 18.1 Å². The molecule has 30 heavy (non-hydrogen) atoms. The van der Waals surface area contributed by atoms with Crippen molar-refractivity contribution >= 4 is 12.1 Å². The molecule has 0 spiro atoms. The number of hydrogen-bond donors (Lipinski definition) is 2. The number of aromatic nitrogens is 1. The highest BCUT2D eigenvalue weighted by Crippen LogP contribution is 2.44. The van der Waals surface area contributed by atoms with Gasteiger partial charge >= 0.3 is 12.1 Å². The molecule has 1 heterocycles. The van der Waals surface area contributed by atoms with E-state index in [1.807, 2.05) is 55.5 Å². The smallest absolute Gasteiger partial charge is 0.407 e. The van der Waals surface area contributed by atoms with Crippen LogP contribution in [0.25, 0.3) is 11.1 Å². The lowest BCUT2D eigenvalue weighted by atomic mass is 9.98. The first-order valence-electron chi connectivity index (χ1n) is 9.80. The van der Waals surface area contributed by atoms with Crippen LogP contribution in [0.4, 0.5) is 4.79 Å². The molecule has 0 aliphatic heterocycles. The Morgan fingerprint density at radius 3 is 2.23 bits per heavy atom. The average Bonchev–Trinajstić information content (AvgIpc) is 3.06. The minimum Gasteiger partial charge on any atom is -0.480 e. The van der Waals surface area contributed by atoms with Gasteiger partial charge in [-0.2, -0.15) is 0 Å². The van der Waals surface area contributed by atoms with Crippen molar-refractivity contribution in [1.82, 2.24) is 10.3 Å². The number of carboxylic acids is 1. The first-order valence-corrected chi connectivity index (χ1v) is 9.80. The number of benzene rings is 2. The SMILES string of the molecule is Cc1cccc(CC(NC(=O)OCC2c3ccccc3-c3ccccc32)C(=O)O)n1. The molecule has 0 radical (unpaired) electrons. The van der Waals surface area contributed by atoms with Crippen molar-refractivity contribution in [3.05, 3.63) is 89.2 Å². The van der Waals surface area contributed by atoms with Gasteiger partial charge in [0.2, 0.25) is 0 Å². The number of nitrogens with one attached hydrogen (secondary N) is 1. The number of fused-ring (bicyclic) bond motifs is 3. The summed E-state index contributed by atoms with van der Waals surface area (Å²) in [7, 11) is 0. The monoisotopic (exact) mass is 402 g/mol. The molecule has 1 amide bonds. The van der Waals surface area contributed by atoms with E-state index in [1.165, 1.54) is 0 Å². The Balaban J connectivity index is 1.43. The Morgan fingerprint density at radius 1 is 1.00 bits per heavy atom. The molecule has 1 aromatic heterocycles. The molecule has 6 nitrogen and oxygen atoms in total. The van der Waals surface area contributed by atoms with Gasteiger partial charge in [-0.15, -0.1) is 0 Å². The number of ether oxygens (including phenoxy) is 1. The van der Waals surface area contributed by atoms with E-state index in [0.717, 1.165) is 27.9 Å². The number of alkyl carbamates (subject to hydrolysis) is 1. The van der Waals surface area contributed by atoms with Crippen molar-refractivity contribution in [3.8, 4) is 11.1 Å². The summed E-state index contributed by atoms with van der Waals surface area (Å²) in [4.78, 5) is 28.3. The van der Waals surface area contributed by atoms with Crippen LogP contribution in [0.15, 0.2) is 66.7 Å². The van der Waals surface area contributed by atoms with Gasteiger partial charge in [-0.05, 0) is 41.3 Å². The van der Waals surface area contributed by atoms with Crippen molar-refractivity contribution in [2.45, 2.75) is 25.3 Å². The van der Waals surface area contributed by atoms with Crippen LogP contribution in [0.3, 0.4) is 0 Å². The van der Waals surface area contributed by atoms with Crippen molar-refractivity contribution in [2.75, 3.05) is 6.61 Å².